The minimum atomic E-state index is -4.63. The summed E-state index contributed by atoms with van der Waals surface area (Å²) in [6.45, 7) is 2.51. The Morgan fingerprint density at radius 3 is 2.70 bits per heavy atom. The normalized spacial score (nSPS) is 13.9. The van der Waals surface area contributed by atoms with Gasteiger partial charge in [-0.05, 0) is 24.6 Å². The van der Waals surface area contributed by atoms with Gasteiger partial charge < -0.3 is 9.67 Å². The summed E-state index contributed by atoms with van der Waals surface area (Å²) in [5.41, 5.74) is 1.40. The molecule has 20 heavy (non-hydrogen) atoms. The van der Waals surface area contributed by atoms with E-state index in [-0.39, 0.29) is 5.82 Å². The number of alkyl halides is 3. The van der Waals surface area contributed by atoms with Gasteiger partial charge in [-0.25, -0.2) is 4.98 Å². The Morgan fingerprint density at radius 2 is 2.10 bits per heavy atom. The molecule has 2 rings (SSSR count). The van der Waals surface area contributed by atoms with Gasteiger partial charge in [-0.2, -0.15) is 13.2 Å². The number of hydrogen-bond donors (Lipinski definition) is 1. The summed E-state index contributed by atoms with van der Waals surface area (Å²) < 4.78 is 40.0. The number of fused-ring (bicyclic) bond motifs is 1. The van der Waals surface area contributed by atoms with E-state index in [9.17, 15) is 18.3 Å². The van der Waals surface area contributed by atoms with Crippen molar-refractivity contribution in [1.29, 1.82) is 0 Å². The van der Waals surface area contributed by atoms with Crippen molar-refractivity contribution in [2.45, 2.75) is 38.6 Å². The number of benzene rings is 1. The topological polar surface area (TPSA) is 38.0 Å². The molecule has 0 fully saturated rings. The monoisotopic (exact) mass is 350 g/mol. The van der Waals surface area contributed by atoms with Crippen LogP contribution in [0.25, 0.3) is 11.0 Å². The van der Waals surface area contributed by atoms with Gasteiger partial charge in [0.25, 0.3) is 0 Å². The molecule has 1 unspecified atom stereocenters. The average molecular weight is 351 g/mol. The fourth-order valence-electron chi connectivity index (χ4n) is 2.07. The maximum Gasteiger partial charge on any atom is 0.414 e. The Kier molecular flexibility index (Phi) is 4.39. The lowest BCUT2D eigenvalue weighted by molar-refractivity contribution is -0.203. The summed E-state index contributed by atoms with van der Waals surface area (Å²) in [5.74, 6) is 0.254. The zero-order valence-corrected chi connectivity index (χ0v) is 12.4. The number of rotatable bonds is 4. The molecule has 7 heteroatoms. The number of aliphatic hydroxyl groups is 1. The third-order valence-corrected chi connectivity index (χ3v) is 3.48. The van der Waals surface area contributed by atoms with Crippen LogP contribution in [0.5, 0.6) is 0 Å². The molecule has 0 amide bonds. The van der Waals surface area contributed by atoms with Crippen molar-refractivity contribution in [3.63, 3.8) is 0 Å². The second kappa shape index (κ2) is 5.73. The van der Waals surface area contributed by atoms with Crippen LogP contribution in [0, 0.1) is 0 Å². The molecule has 0 aliphatic heterocycles. The number of aliphatic hydroxyl groups excluding tert-OH is 1. The van der Waals surface area contributed by atoms with Gasteiger partial charge in [0.2, 0.25) is 0 Å². The summed E-state index contributed by atoms with van der Waals surface area (Å²) in [6.07, 6.45) is -6.78. The van der Waals surface area contributed by atoms with E-state index in [1.807, 2.05) is 19.1 Å². The second-order valence-corrected chi connectivity index (χ2v) is 5.49. The summed E-state index contributed by atoms with van der Waals surface area (Å²) in [4.78, 5) is 4.22. The van der Waals surface area contributed by atoms with E-state index in [0.717, 1.165) is 16.4 Å². The van der Waals surface area contributed by atoms with Crippen molar-refractivity contribution in [3.8, 4) is 0 Å². The van der Waals surface area contributed by atoms with Gasteiger partial charge >= 0.3 is 6.18 Å². The molecule has 3 nitrogen and oxygen atoms in total. The van der Waals surface area contributed by atoms with E-state index < -0.39 is 18.7 Å². The highest BCUT2D eigenvalue weighted by atomic mass is 79.9. The number of aryl methyl sites for hydroxylation is 1. The zero-order valence-electron chi connectivity index (χ0n) is 10.8. The van der Waals surface area contributed by atoms with Gasteiger partial charge in [-0.1, -0.05) is 22.9 Å². The molecule has 0 saturated carbocycles. The minimum Gasteiger partial charge on any atom is -0.383 e. The van der Waals surface area contributed by atoms with Crippen LogP contribution in [-0.2, 0) is 13.0 Å². The number of imidazole rings is 1. The lowest BCUT2D eigenvalue weighted by atomic mass is 10.2. The Balaban J connectivity index is 2.43. The first-order valence-electron chi connectivity index (χ1n) is 6.22. The molecule has 0 aliphatic rings. The Hall–Kier alpha value is -1.08. The van der Waals surface area contributed by atoms with Gasteiger partial charge in [0, 0.05) is 17.4 Å². The number of halogens is 4. The van der Waals surface area contributed by atoms with E-state index in [1.54, 1.807) is 10.6 Å². The highest BCUT2D eigenvalue weighted by molar-refractivity contribution is 9.10. The third kappa shape index (κ3) is 3.15. The highest BCUT2D eigenvalue weighted by Gasteiger charge is 2.39. The zero-order chi connectivity index (χ0) is 14.9. The molecular formula is C13H14BrF3N2O. The maximum atomic E-state index is 12.5. The van der Waals surface area contributed by atoms with Crippen molar-refractivity contribution >= 4 is 27.0 Å². The van der Waals surface area contributed by atoms with Crippen LogP contribution >= 0.6 is 15.9 Å². The summed E-state index contributed by atoms with van der Waals surface area (Å²) in [6, 6.07) is 5.39. The SMILES string of the molecule is CCCn1c(CC(O)C(F)(F)F)nc2cc(Br)ccc21. The Morgan fingerprint density at radius 1 is 1.40 bits per heavy atom. The van der Waals surface area contributed by atoms with Gasteiger partial charge in [0.1, 0.15) is 5.82 Å². The summed E-state index contributed by atoms with van der Waals surface area (Å²) in [7, 11) is 0. The Labute approximate surface area is 122 Å². The predicted octanol–water partition coefficient (Wildman–Crippen LogP) is 3.67. The van der Waals surface area contributed by atoms with Gasteiger partial charge in [-0.3, -0.25) is 0 Å². The van der Waals surface area contributed by atoms with Crippen LogP contribution in [0.15, 0.2) is 22.7 Å². The highest BCUT2D eigenvalue weighted by Crippen LogP contribution is 2.26. The molecule has 0 saturated heterocycles. The molecule has 1 N–H and O–H groups in total. The van der Waals surface area contributed by atoms with E-state index in [0.29, 0.717) is 12.1 Å². The van der Waals surface area contributed by atoms with Crippen LogP contribution in [0.4, 0.5) is 13.2 Å². The van der Waals surface area contributed by atoms with Crippen molar-refractivity contribution in [2.24, 2.45) is 0 Å². The molecule has 0 bridgehead atoms. The van der Waals surface area contributed by atoms with E-state index >= 15 is 0 Å². The average Bonchev–Trinajstić information content (AvgIpc) is 2.66. The van der Waals surface area contributed by atoms with Crippen molar-refractivity contribution in [2.75, 3.05) is 0 Å². The molecule has 0 spiro atoms. The van der Waals surface area contributed by atoms with Gasteiger partial charge in [0.15, 0.2) is 6.10 Å². The number of nitrogens with zero attached hydrogens (tertiary/aromatic N) is 2. The quantitative estimate of drug-likeness (QED) is 0.913. The van der Waals surface area contributed by atoms with Crippen LogP contribution in [0.1, 0.15) is 19.2 Å². The standard InChI is InChI=1S/C13H14BrF3N2O/c1-2-5-19-10-4-3-8(14)6-9(10)18-12(19)7-11(20)13(15,16)17/h3-4,6,11,20H,2,5,7H2,1H3. The van der Waals surface area contributed by atoms with Crippen LogP contribution < -0.4 is 0 Å². The van der Waals surface area contributed by atoms with Crippen LogP contribution in [-0.4, -0.2) is 26.9 Å². The predicted molar refractivity (Wildman–Crippen MR) is 73.5 cm³/mol. The fourth-order valence-corrected chi connectivity index (χ4v) is 2.42. The molecule has 1 aromatic carbocycles. The number of hydrogen-bond acceptors (Lipinski definition) is 2. The van der Waals surface area contributed by atoms with E-state index in [2.05, 4.69) is 20.9 Å². The van der Waals surface area contributed by atoms with Crippen LogP contribution in [0.2, 0.25) is 0 Å². The summed E-state index contributed by atoms with van der Waals surface area (Å²) >= 11 is 3.31. The van der Waals surface area contributed by atoms with E-state index in [4.69, 9.17) is 0 Å². The first kappa shape index (κ1) is 15.3. The molecule has 1 heterocycles. The van der Waals surface area contributed by atoms with Crippen molar-refractivity contribution in [1.82, 2.24) is 9.55 Å². The number of aromatic nitrogens is 2. The molecule has 1 aromatic heterocycles. The largest absolute Gasteiger partial charge is 0.414 e. The molecular weight excluding hydrogens is 337 g/mol. The first-order chi connectivity index (χ1) is 9.32. The smallest absolute Gasteiger partial charge is 0.383 e. The molecule has 1 atom stereocenters. The Bertz CT molecular complexity index is 609. The van der Waals surface area contributed by atoms with Crippen molar-refractivity contribution < 1.29 is 18.3 Å². The molecule has 0 radical (unpaired) electrons. The second-order valence-electron chi connectivity index (χ2n) is 4.57. The molecule has 110 valence electrons. The molecule has 2 aromatic rings. The molecule has 0 aliphatic carbocycles. The minimum absolute atomic E-state index is 0.254. The van der Waals surface area contributed by atoms with Gasteiger partial charge in [-0.15, -0.1) is 0 Å². The van der Waals surface area contributed by atoms with Crippen LogP contribution in [0.3, 0.4) is 0 Å². The lowest BCUT2D eigenvalue weighted by Crippen LogP contribution is -2.31. The van der Waals surface area contributed by atoms with Crippen molar-refractivity contribution in [3.05, 3.63) is 28.5 Å². The van der Waals surface area contributed by atoms with Gasteiger partial charge in [0.05, 0.1) is 11.0 Å². The third-order valence-electron chi connectivity index (χ3n) is 2.99. The van der Waals surface area contributed by atoms with E-state index in [1.165, 1.54) is 0 Å². The first-order valence-corrected chi connectivity index (χ1v) is 7.01. The summed E-state index contributed by atoms with van der Waals surface area (Å²) in [5, 5.41) is 9.22. The fraction of sp³-hybridized carbons (Fsp3) is 0.462. The lowest BCUT2D eigenvalue weighted by Gasteiger charge is -2.15. The maximum absolute atomic E-state index is 12.5.